The van der Waals surface area contributed by atoms with Crippen LogP contribution in [0.3, 0.4) is 0 Å². The van der Waals surface area contributed by atoms with Crippen LogP contribution in [0.15, 0.2) is 18.2 Å². The summed E-state index contributed by atoms with van der Waals surface area (Å²) in [5.41, 5.74) is 1.60. The average Bonchev–Trinajstić information content (AvgIpc) is 2.79. The molecule has 0 aliphatic carbocycles. The Labute approximate surface area is 128 Å². The van der Waals surface area contributed by atoms with E-state index in [2.05, 4.69) is 47.7 Å². The molecule has 0 fully saturated rings. The summed E-state index contributed by atoms with van der Waals surface area (Å²) in [5, 5.41) is 14.0. The number of nitrogens with zero attached hydrogens (tertiary/aromatic N) is 2. The fourth-order valence-corrected chi connectivity index (χ4v) is 3.18. The second-order valence-electron chi connectivity index (χ2n) is 4.90. The molecule has 0 aliphatic heterocycles. The molecule has 21 heavy (non-hydrogen) atoms. The van der Waals surface area contributed by atoms with Crippen LogP contribution in [0, 0.1) is 13.8 Å². The minimum absolute atomic E-state index is 0.152. The number of rotatable bonds is 5. The predicted molar refractivity (Wildman–Crippen MR) is 85.9 cm³/mol. The van der Waals surface area contributed by atoms with Crippen molar-refractivity contribution in [1.29, 1.82) is 0 Å². The molecule has 2 aromatic rings. The Bertz CT molecular complexity index is 621. The highest BCUT2D eigenvalue weighted by Gasteiger charge is 2.12. The molecule has 0 aliphatic rings. The lowest BCUT2D eigenvalue weighted by molar-refractivity contribution is 0.0950. The molecule has 2 N–H and O–H groups in total. The predicted octanol–water partition coefficient (Wildman–Crippen LogP) is 3.08. The second kappa shape index (κ2) is 6.67. The third-order valence-electron chi connectivity index (χ3n) is 3.14. The number of hydrogen-bond donors (Lipinski definition) is 2. The summed E-state index contributed by atoms with van der Waals surface area (Å²) in [7, 11) is 0. The van der Waals surface area contributed by atoms with Crippen LogP contribution in [-0.2, 0) is 0 Å². The first-order valence-corrected chi connectivity index (χ1v) is 7.78. The zero-order valence-corrected chi connectivity index (χ0v) is 13.5. The van der Waals surface area contributed by atoms with E-state index in [0.29, 0.717) is 18.1 Å². The SMILES string of the molecule is CCNC(=O)c1ccc(NC(C)c2cc(C)sc2C)nn1. The Balaban J connectivity index is 2.06. The molecule has 0 bridgehead atoms. The van der Waals surface area contributed by atoms with E-state index < -0.39 is 0 Å². The summed E-state index contributed by atoms with van der Waals surface area (Å²) >= 11 is 1.79. The molecule has 6 heteroatoms. The van der Waals surface area contributed by atoms with Crippen LogP contribution in [-0.4, -0.2) is 22.6 Å². The molecule has 2 aromatic heterocycles. The molecule has 2 heterocycles. The van der Waals surface area contributed by atoms with Crippen LogP contribution < -0.4 is 10.6 Å². The highest BCUT2D eigenvalue weighted by molar-refractivity contribution is 7.12. The maximum absolute atomic E-state index is 11.6. The van der Waals surface area contributed by atoms with E-state index in [1.165, 1.54) is 15.3 Å². The molecular formula is C15H20N4OS. The van der Waals surface area contributed by atoms with Crippen molar-refractivity contribution in [2.24, 2.45) is 0 Å². The average molecular weight is 304 g/mol. The maximum Gasteiger partial charge on any atom is 0.271 e. The number of aromatic nitrogens is 2. The molecule has 0 saturated carbocycles. The van der Waals surface area contributed by atoms with Crippen LogP contribution in [0.1, 0.15) is 45.7 Å². The largest absolute Gasteiger partial charge is 0.362 e. The van der Waals surface area contributed by atoms with Crippen molar-refractivity contribution in [2.45, 2.75) is 33.7 Å². The number of hydrogen-bond acceptors (Lipinski definition) is 5. The molecule has 112 valence electrons. The summed E-state index contributed by atoms with van der Waals surface area (Å²) in [6, 6.07) is 5.80. The monoisotopic (exact) mass is 304 g/mol. The highest BCUT2D eigenvalue weighted by atomic mass is 32.1. The van der Waals surface area contributed by atoms with Crippen molar-refractivity contribution < 1.29 is 4.79 Å². The lowest BCUT2D eigenvalue weighted by Gasteiger charge is -2.14. The molecular weight excluding hydrogens is 284 g/mol. The van der Waals surface area contributed by atoms with Gasteiger partial charge in [0.2, 0.25) is 0 Å². The van der Waals surface area contributed by atoms with Gasteiger partial charge in [-0.25, -0.2) is 0 Å². The minimum Gasteiger partial charge on any atom is -0.362 e. The number of thiophene rings is 1. The van der Waals surface area contributed by atoms with Crippen molar-refractivity contribution in [1.82, 2.24) is 15.5 Å². The Morgan fingerprint density at radius 2 is 2.10 bits per heavy atom. The number of anilines is 1. The van der Waals surface area contributed by atoms with E-state index in [-0.39, 0.29) is 11.9 Å². The number of amides is 1. The Hall–Kier alpha value is -1.95. The van der Waals surface area contributed by atoms with Gasteiger partial charge in [0, 0.05) is 16.3 Å². The van der Waals surface area contributed by atoms with Crippen LogP contribution in [0.5, 0.6) is 0 Å². The van der Waals surface area contributed by atoms with Gasteiger partial charge >= 0.3 is 0 Å². The first kappa shape index (κ1) is 15.4. The smallest absolute Gasteiger partial charge is 0.271 e. The first-order valence-electron chi connectivity index (χ1n) is 6.96. The lowest BCUT2D eigenvalue weighted by atomic mass is 10.1. The van der Waals surface area contributed by atoms with Gasteiger partial charge in [0.15, 0.2) is 5.69 Å². The van der Waals surface area contributed by atoms with E-state index in [1.807, 2.05) is 6.92 Å². The van der Waals surface area contributed by atoms with Gasteiger partial charge < -0.3 is 10.6 Å². The Kier molecular flexibility index (Phi) is 4.90. The van der Waals surface area contributed by atoms with Crippen molar-refractivity contribution in [2.75, 3.05) is 11.9 Å². The fraction of sp³-hybridized carbons (Fsp3) is 0.400. The molecule has 1 amide bonds. The van der Waals surface area contributed by atoms with Crippen molar-refractivity contribution in [3.8, 4) is 0 Å². The van der Waals surface area contributed by atoms with Gasteiger partial charge in [-0.2, -0.15) is 0 Å². The van der Waals surface area contributed by atoms with Gasteiger partial charge in [0.05, 0.1) is 6.04 Å². The summed E-state index contributed by atoms with van der Waals surface area (Å²) in [6.07, 6.45) is 0. The number of nitrogens with one attached hydrogen (secondary N) is 2. The molecule has 5 nitrogen and oxygen atoms in total. The molecule has 0 spiro atoms. The van der Waals surface area contributed by atoms with Crippen LogP contribution in [0.2, 0.25) is 0 Å². The zero-order valence-electron chi connectivity index (χ0n) is 12.7. The Morgan fingerprint density at radius 1 is 1.33 bits per heavy atom. The van der Waals surface area contributed by atoms with E-state index in [0.717, 1.165) is 0 Å². The van der Waals surface area contributed by atoms with Gasteiger partial charge in [0.25, 0.3) is 5.91 Å². The summed E-state index contributed by atoms with van der Waals surface area (Å²) in [6.45, 7) is 8.76. The first-order chi connectivity index (χ1) is 10.0. The van der Waals surface area contributed by atoms with Crippen LogP contribution >= 0.6 is 11.3 Å². The van der Waals surface area contributed by atoms with Gasteiger partial charge in [-0.3, -0.25) is 4.79 Å². The molecule has 0 aromatic carbocycles. The van der Waals surface area contributed by atoms with Gasteiger partial charge in [-0.1, -0.05) is 0 Å². The molecule has 2 rings (SSSR count). The minimum atomic E-state index is -0.200. The van der Waals surface area contributed by atoms with Crippen molar-refractivity contribution in [3.05, 3.63) is 39.2 Å². The van der Waals surface area contributed by atoms with E-state index >= 15 is 0 Å². The van der Waals surface area contributed by atoms with Crippen LogP contribution in [0.25, 0.3) is 0 Å². The normalized spacial score (nSPS) is 12.0. The number of carbonyl (C=O) groups is 1. The third kappa shape index (κ3) is 3.78. The molecule has 1 atom stereocenters. The van der Waals surface area contributed by atoms with Crippen LogP contribution in [0.4, 0.5) is 5.82 Å². The topological polar surface area (TPSA) is 66.9 Å². The summed E-state index contributed by atoms with van der Waals surface area (Å²) < 4.78 is 0. The van der Waals surface area contributed by atoms with Crippen molar-refractivity contribution >= 4 is 23.1 Å². The van der Waals surface area contributed by atoms with Crippen molar-refractivity contribution in [3.63, 3.8) is 0 Å². The summed E-state index contributed by atoms with van der Waals surface area (Å²) in [5.74, 6) is 0.465. The van der Waals surface area contributed by atoms with E-state index in [4.69, 9.17) is 0 Å². The molecule has 0 saturated heterocycles. The highest BCUT2D eigenvalue weighted by Crippen LogP contribution is 2.27. The lowest BCUT2D eigenvalue weighted by Crippen LogP contribution is -2.24. The quantitative estimate of drug-likeness (QED) is 0.891. The van der Waals surface area contributed by atoms with E-state index in [1.54, 1.807) is 23.5 Å². The zero-order chi connectivity index (χ0) is 15.4. The number of carbonyl (C=O) groups excluding carboxylic acids is 1. The maximum atomic E-state index is 11.6. The Morgan fingerprint density at radius 3 is 2.62 bits per heavy atom. The fourth-order valence-electron chi connectivity index (χ4n) is 2.16. The standard InChI is InChI=1S/C15H20N4OS/c1-5-16-15(20)13-6-7-14(19-18-13)17-10(3)12-8-9(2)21-11(12)4/h6-8,10H,5H2,1-4H3,(H,16,20)(H,17,19). The second-order valence-corrected chi connectivity index (χ2v) is 6.36. The molecule has 0 radical (unpaired) electrons. The van der Waals surface area contributed by atoms with Gasteiger partial charge in [0.1, 0.15) is 5.82 Å². The third-order valence-corrected chi connectivity index (χ3v) is 4.13. The molecule has 1 unspecified atom stereocenters. The van der Waals surface area contributed by atoms with Gasteiger partial charge in [-0.15, -0.1) is 21.5 Å². The number of aryl methyl sites for hydroxylation is 2. The summed E-state index contributed by atoms with van der Waals surface area (Å²) in [4.78, 5) is 14.2. The van der Waals surface area contributed by atoms with E-state index in [9.17, 15) is 4.79 Å². The van der Waals surface area contributed by atoms with Gasteiger partial charge in [-0.05, 0) is 51.5 Å².